The predicted molar refractivity (Wildman–Crippen MR) is 82.6 cm³/mol. The van der Waals surface area contributed by atoms with E-state index in [0.29, 0.717) is 17.3 Å². The molecule has 108 valence electrons. The second kappa shape index (κ2) is 6.37. The van der Waals surface area contributed by atoms with E-state index < -0.39 is 0 Å². The maximum atomic E-state index is 12.2. The number of carbonyl (C=O) groups excluding carboxylic acids is 2. The van der Waals surface area contributed by atoms with Gasteiger partial charge in [0, 0.05) is 17.3 Å². The quantitative estimate of drug-likeness (QED) is 0.787. The third-order valence-electron chi connectivity index (χ3n) is 3.48. The van der Waals surface area contributed by atoms with Crippen molar-refractivity contribution >= 4 is 39.1 Å². The Balaban J connectivity index is 2.12. The van der Waals surface area contributed by atoms with E-state index in [2.05, 4.69) is 31.9 Å². The zero-order valence-electron chi connectivity index (χ0n) is 11.5. The lowest BCUT2D eigenvalue weighted by Crippen LogP contribution is -2.48. The number of hydrogen-bond acceptors (Lipinski definition) is 3. The summed E-state index contributed by atoms with van der Waals surface area (Å²) < 4.78 is 0.847. The first-order valence-electron chi connectivity index (χ1n) is 6.56. The molecule has 1 atom stereocenters. The first-order valence-corrected chi connectivity index (χ1v) is 7.35. The topological polar surface area (TPSA) is 70.2 Å². The molecule has 5 nitrogen and oxygen atoms in total. The number of anilines is 2. The first-order chi connectivity index (χ1) is 9.47. The molecule has 0 spiro atoms. The zero-order chi connectivity index (χ0) is 14.7. The normalized spacial score (nSPS) is 16.1. The van der Waals surface area contributed by atoms with Crippen LogP contribution in [-0.4, -0.2) is 24.9 Å². The predicted octanol–water partition coefficient (Wildman–Crippen LogP) is 2.20. The number of rotatable bonds is 4. The average molecular weight is 340 g/mol. The molecule has 1 aliphatic heterocycles. The van der Waals surface area contributed by atoms with Crippen LogP contribution in [0.5, 0.6) is 0 Å². The molecule has 0 aromatic heterocycles. The minimum absolute atomic E-state index is 0.0267. The van der Waals surface area contributed by atoms with Crippen molar-refractivity contribution in [2.75, 3.05) is 23.7 Å². The van der Waals surface area contributed by atoms with Crippen molar-refractivity contribution in [1.82, 2.24) is 5.32 Å². The van der Waals surface area contributed by atoms with Gasteiger partial charge in [0.15, 0.2) is 0 Å². The van der Waals surface area contributed by atoms with Crippen molar-refractivity contribution in [3.63, 3.8) is 0 Å². The van der Waals surface area contributed by atoms with E-state index in [0.717, 1.165) is 17.6 Å². The van der Waals surface area contributed by atoms with Crippen LogP contribution in [0.4, 0.5) is 11.4 Å². The van der Waals surface area contributed by atoms with Crippen molar-refractivity contribution in [3.05, 3.63) is 22.7 Å². The number of carbonyl (C=O) groups is 2. The molecule has 1 heterocycles. The molecule has 1 saturated heterocycles. The number of nitrogens with one attached hydrogen (secondary N) is 3. The maximum Gasteiger partial charge on any atom is 0.227 e. The van der Waals surface area contributed by atoms with Gasteiger partial charge in [0.05, 0.1) is 11.4 Å². The number of benzene rings is 1. The molecule has 0 saturated carbocycles. The number of hydrogen-bond donors (Lipinski definition) is 3. The summed E-state index contributed by atoms with van der Waals surface area (Å²) >= 11 is 3.37. The Morgan fingerprint density at radius 3 is 2.55 bits per heavy atom. The maximum absolute atomic E-state index is 12.2. The largest absolute Gasteiger partial charge is 0.325 e. The highest BCUT2D eigenvalue weighted by Crippen LogP contribution is 2.27. The molecule has 1 fully saturated rings. The van der Waals surface area contributed by atoms with Crippen LogP contribution in [0.2, 0.25) is 0 Å². The van der Waals surface area contributed by atoms with Crippen LogP contribution in [0, 0.1) is 11.8 Å². The van der Waals surface area contributed by atoms with Gasteiger partial charge in [-0.2, -0.15) is 0 Å². The van der Waals surface area contributed by atoms with Crippen LogP contribution in [0.25, 0.3) is 0 Å². The molecule has 0 radical (unpaired) electrons. The smallest absolute Gasteiger partial charge is 0.227 e. The second-order valence-electron chi connectivity index (χ2n) is 5.07. The SMILES string of the molecule is CC(=O)Nc1ccc(Br)cc1NC(=O)C(C)C1CNC1. The van der Waals surface area contributed by atoms with E-state index in [1.54, 1.807) is 12.1 Å². The molecule has 6 heteroatoms. The van der Waals surface area contributed by atoms with Gasteiger partial charge in [0.25, 0.3) is 0 Å². The molecular formula is C14H18BrN3O2. The Labute approximate surface area is 126 Å². The molecule has 2 rings (SSSR count). The second-order valence-corrected chi connectivity index (χ2v) is 5.98. The van der Waals surface area contributed by atoms with Gasteiger partial charge in [0.2, 0.25) is 11.8 Å². The van der Waals surface area contributed by atoms with Crippen LogP contribution >= 0.6 is 15.9 Å². The van der Waals surface area contributed by atoms with E-state index in [1.165, 1.54) is 6.92 Å². The molecule has 0 bridgehead atoms. The van der Waals surface area contributed by atoms with Crippen molar-refractivity contribution in [1.29, 1.82) is 0 Å². The van der Waals surface area contributed by atoms with Crippen LogP contribution in [-0.2, 0) is 9.59 Å². The van der Waals surface area contributed by atoms with Crippen LogP contribution in [0.3, 0.4) is 0 Å². The van der Waals surface area contributed by atoms with E-state index >= 15 is 0 Å². The fourth-order valence-electron chi connectivity index (χ4n) is 2.04. The average Bonchev–Trinajstić information content (AvgIpc) is 2.29. The summed E-state index contributed by atoms with van der Waals surface area (Å²) in [6.07, 6.45) is 0. The van der Waals surface area contributed by atoms with Crippen molar-refractivity contribution < 1.29 is 9.59 Å². The van der Waals surface area contributed by atoms with Gasteiger partial charge in [0.1, 0.15) is 0 Å². The standard InChI is InChI=1S/C14H18BrN3O2/c1-8(10-6-16-7-10)14(20)18-13-5-11(15)3-4-12(13)17-9(2)19/h3-5,8,10,16H,6-7H2,1-2H3,(H,17,19)(H,18,20). The van der Waals surface area contributed by atoms with Crippen LogP contribution in [0.15, 0.2) is 22.7 Å². The fourth-order valence-corrected chi connectivity index (χ4v) is 2.40. The first kappa shape index (κ1) is 15.0. The van der Waals surface area contributed by atoms with E-state index in [4.69, 9.17) is 0 Å². The van der Waals surface area contributed by atoms with Gasteiger partial charge >= 0.3 is 0 Å². The Hall–Kier alpha value is -1.40. The molecule has 1 aliphatic rings. The Morgan fingerprint density at radius 1 is 1.30 bits per heavy atom. The third-order valence-corrected chi connectivity index (χ3v) is 3.98. The molecule has 2 amide bonds. The Bertz CT molecular complexity index is 529. The molecule has 3 N–H and O–H groups in total. The molecule has 1 aromatic carbocycles. The van der Waals surface area contributed by atoms with Gasteiger partial charge in [-0.3, -0.25) is 9.59 Å². The summed E-state index contributed by atoms with van der Waals surface area (Å²) in [6, 6.07) is 5.37. The monoisotopic (exact) mass is 339 g/mol. The summed E-state index contributed by atoms with van der Waals surface area (Å²) in [5.41, 5.74) is 1.21. The van der Waals surface area contributed by atoms with Gasteiger partial charge in [-0.15, -0.1) is 0 Å². The molecule has 20 heavy (non-hydrogen) atoms. The minimum Gasteiger partial charge on any atom is -0.325 e. The van der Waals surface area contributed by atoms with Gasteiger partial charge in [-0.05, 0) is 37.2 Å². The fraction of sp³-hybridized carbons (Fsp3) is 0.429. The third kappa shape index (κ3) is 3.58. The van der Waals surface area contributed by atoms with Crippen molar-refractivity contribution in [2.45, 2.75) is 13.8 Å². The van der Waals surface area contributed by atoms with Crippen molar-refractivity contribution in [2.24, 2.45) is 11.8 Å². The molecule has 1 aromatic rings. The Morgan fingerprint density at radius 2 is 2.00 bits per heavy atom. The van der Waals surface area contributed by atoms with E-state index in [9.17, 15) is 9.59 Å². The lowest BCUT2D eigenvalue weighted by Gasteiger charge is -2.31. The zero-order valence-corrected chi connectivity index (χ0v) is 13.1. The van der Waals surface area contributed by atoms with Gasteiger partial charge in [-0.1, -0.05) is 22.9 Å². The number of halogens is 1. The van der Waals surface area contributed by atoms with E-state index in [-0.39, 0.29) is 17.7 Å². The van der Waals surface area contributed by atoms with Gasteiger partial charge in [-0.25, -0.2) is 0 Å². The minimum atomic E-state index is -0.168. The highest BCUT2D eigenvalue weighted by Gasteiger charge is 2.29. The molecule has 1 unspecified atom stereocenters. The highest BCUT2D eigenvalue weighted by molar-refractivity contribution is 9.10. The number of amides is 2. The molecule has 0 aliphatic carbocycles. The summed E-state index contributed by atoms with van der Waals surface area (Å²) in [5.74, 6) is 0.132. The summed E-state index contributed by atoms with van der Waals surface area (Å²) in [4.78, 5) is 23.4. The highest BCUT2D eigenvalue weighted by atomic mass is 79.9. The van der Waals surface area contributed by atoms with Crippen molar-refractivity contribution in [3.8, 4) is 0 Å². The van der Waals surface area contributed by atoms with Crippen LogP contribution in [0.1, 0.15) is 13.8 Å². The lowest BCUT2D eigenvalue weighted by molar-refractivity contribution is -0.121. The summed E-state index contributed by atoms with van der Waals surface area (Å²) in [5, 5.41) is 8.77. The van der Waals surface area contributed by atoms with Gasteiger partial charge < -0.3 is 16.0 Å². The van der Waals surface area contributed by atoms with Crippen LogP contribution < -0.4 is 16.0 Å². The summed E-state index contributed by atoms with van der Waals surface area (Å²) in [6.45, 7) is 5.13. The molecular weight excluding hydrogens is 322 g/mol. The summed E-state index contributed by atoms with van der Waals surface area (Å²) in [7, 11) is 0. The van der Waals surface area contributed by atoms with E-state index in [1.807, 2.05) is 13.0 Å². The lowest BCUT2D eigenvalue weighted by atomic mass is 9.88. The Kier molecular flexibility index (Phi) is 4.77.